The Balaban J connectivity index is 1.62. The largest absolute Gasteiger partial charge is 0.461 e. The van der Waals surface area contributed by atoms with Crippen LogP contribution < -0.4 is 15.8 Å². The first-order chi connectivity index (χ1) is 12.1. The molecule has 2 atom stereocenters. The number of benzene rings is 1. The topological polar surface area (TPSA) is 95.1 Å². The second-order valence-corrected chi connectivity index (χ2v) is 5.94. The van der Waals surface area contributed by atoms with Gasteiger partial charge in [0.15, 0.2) is 6.10 Å². The maximum absolute atomic E-state index is 12.5. The Hall–Kier alpha value is -3.19. The number of nitrogens with one attached hydrogen (secondary N) is 1. The molecular formula is C18H17N5O2. The summed E-state index contributed by atoms with van der Waals surface area (Å²) in [6, 6.07) is 10.6. The van der Waals surface area contributed by atoms with Gasteiger partial charge in [-0.05, 0) is 11.6 Å². The highest BCUT2D eigenvalue weighted by atomic mass is 16.5. The molecule has 1 amide bonds. The predicted molar refractivity (Wildman–Crippen MR) is 92.9 cm³/mol. The molecule has 126 valence electrons. The summed E-state index contributed by atoms with van der Waals surface area (Å²) in [4.78, 5) is 16.8. The number of ether oxygens (including phenoxy) is 1. The molecule has 0 saturated heterocycles. The summed E-state index contributed by atoms with van der Waals surface area (Å²) in [5, 5.41) is 6.99. The summed E-state index contributed by atoms with van der Waals surface area (Å²) < 4.78 is 7.49. The van der Waals surface area contributed by atoms with Gasteiger partial charge in [0, 0.05) is 30.6 Å². The van der Waals surface area contributed by atoms with E-state index in [0.717, 1.165) is 16.7 Å². The van der Waals surface area contributed by atoms with Crippen molar-refractivity contribution in [1.29, 1.82) is 0 Å². The van der Waals surface area contributed by atoms with Crippen molar-refractivity contribution >= 4 is 11.6 Å². The summed E-state index contributed by atoms with van der Waals surface area (Å²) in [6.45, 7) is 0. The van der Waals surface area contributed by atoms with Crippen LogP contribution in [0.1, 0.15) is 11.6 Å². The molecule has 0 radical (unpaired) electrons. The van der Waals surface area contributed by atoms with E-state index in [1.165, 1.54) is 0 Å². The molecule has 0 fully saturated rings. The average molecular weight is 335 g/mol. The maximum Gasteiger partial charge on any atom is 0.267 e. The van der Waals surface area contributed by atoms with E-state index < -0.39 is 12.1 Å². The van der Waals surface area contributed by atoms with Crippen molar-refractivity contribution in [3.63, 3.8) is 0 Å². The third-order valence-corrected chi connectivity index (χ3v) is 4.15. The van der Waals surface area contributed by atoms with Gasteiger partial charge in [-0.15, -0.1) is 0 Å². The number of carbonyl (C=O) groups is 1. The molecule has 3 N–H and O–H groups in total. The van der Waals surface area contributed by atoms with Gasteiger partial charge in [-0.25, -0.2) is 4.98 Å². The lowest BCUT2D eigenvalue weighted by molar-refractivity contribution is -0.124. The lowest BCUT2D eigenvalue weighted by atomic mass is 10.0. The molecule has 1 aliphatic rings. The Morgan fingerprint density at radius 3 is 2.76 bits per heavy atom. The highest BCUT2D eigenvalue weighted by Gasteiger charge is 2.34. The van der Waals surface area contributed by atoms with E-state index in [9.17, 15) is 4.79 Å². The second-order valence-electron chi connectivity index (χ2n) is 5.94. The molecule has 1 aromatic carbocycles. The summed E-state index contributed by atoms with van der Waals surface area (Å²) in [5.41, 5.74) is 9.34. The van der Waals surface area contributed by atoms with Crippen LogP contribution in [0.25, 0.3) is 11.1 Å². The van der Waals surface area contributed by atoms with Crippen LogP contribution in [-0.2, 0) is 11.8 Å². The molecule has 1 aliphatic heterocycles. The zero-order valence-electron chi connectivity index (χ0n) is 13.6. The van der Waals surface area contributed by atoms with Gasteiger partial charge in [0.1, 0.15) is 5.69 Å². The van der Waals surface area contributed by atoms with Gasteiger partial charge in [0.05, 0.1) is 12.2 Å². The SMILES string of the molecule is Cn1cc(-c2cnc3c(c2)NC(=O)[C@H]([C@H](N)c2ccccc2)O3)cn1. The molecule has 0 bridgehead atoms. The van der Waals surface area contributed by atoms with Gasteiger partial charge in [-0.3, -0.25) is 9.48 Å². The Kier molecular flexibility index (Phi) is 3.70. The minimum Gasteiger partial charge on any atom is -0.461 e. The van der Waals surface area contributed by atoms with Crippen LogP contribution in [0.15, 0.2) is 55.0 Å². The zero-order chi connectivity index (χ0) is 17.4. The highest BCUT2D eigenvalue weighted by molar-refractivity contribution is 5.98. The van der Waals surface area contributed by atoms with E-state index in [1.807, 2.05) is 49.6 Å². The van der Waals surface area contributed by atoms with Crippen molar-refractivity contribution in [3.05, 3.63) is 60.6 Å². The van der Waals surface area contributed by atoms with Crippen LogP contribution in [0.3, 0.4) is 0 Å². The van der Waals surface area contributed by atoms with Crippen LogP contribution in [0.2, 0.25) is 0 Å². The zero-order valence-corrected chi connectivity index (χ0v) is 13.6. The molecule has 0 unspecified atom stereocenters. The molecule has 3 aromatic rings. The summed E-state index contributed by atoms with van der Waals surface area (Å²) in [5.74, 6) is 0.0811. The third-order valence-electron chi connectivity index (χ3n) is 4.15. The van der Waals surface area contributed by atoms with Gasteiger partial charge in [0.2, 0.25) is 5.88 Å². The summed E-state index contributed by atoms with van der Waals surface area (Å²) in [7, 11) is 1.84. The molecule has 7 nitrogen and oxygen atoms in total. The fourth-order valence-corrected chi connectivity index (χ4v) is 2.83. The molecule has 3 heterocycles. The van der Waals surface area contributed by atoms with Gasteiger partial charge < -0.3 is 15.8 Å². The van der Waals surface area contributed by atoms with Crippen molar-refractivity contribution in [1.82, 2.24) is 14.8 Å². The molecule has 0 spiro atoms. The smallest absolute Gasteiger partial charge is 0.267 e. The number of aromatic nitrogens is 3. The minimum atomic E-state index is -0.827. The van der Waals surface area contributed by atoms with Crippen LogP contribution in [0.4, 0.5) is 5.69 Å². The number of rotatable bonds is 3. The van der Waals surface area contributed by atoms with E-state index in [0.29, 0.717) is 11.6 Å². The highest BCUT2D eigenvalue weighted by Crippen LogP contribution is 2.33. The first-order valence-corrected chi connectivity index (χ1v) is 7.89. The Morgan fingerprint density at radius 1 is 1.24 bits per heavy atom. The van der Waals surface area contributed by atoms with Gasteiger partial charge in [0.25, 0.3) is 5.91 Å². The molecular weight excluding hydrogens is 318 g/mol. The maximum atomic E-state index is 12.5. The Bertz CT molecular complexity index is 922. The fraction of sp³-hybridized carbons (Fsp3) is 0.167. The summed E-state index contributed by atoms with van der Waals surface area (Å²) >= 11 is 0. The Morgan fingerprint density at radius 2 is 2.04 bits per heavy atom. The summed E-state index contributed by atoms with van der Waals surface area (Å²) in [6.07, 6.45) is 4.48. The molecule has 7 heteroatoms. The number of nitrogens with two attached hydrogens (primary N) is 1. The van der Waals surface area contributed by atoms with Crippen molar-refractivity contribution in [2.24, 2.45) is 12.8 Å². The van der Waals surface area contributed by atoms with Crippen LogP contribution in [0.5, 0.6) is 5.88 Å². The van der Waals surface area contributed by atoms with E-state index in [-0.39, 0.29) is 5.91 Å². The van der Waals surface area contributed by atoms with Crippen LogP contribution >= 0.6 is 0 Å². The number of nitrogens with zero attached hydrogens (tertiary/aromatic N) is 3. The van der Waals surface area contributed by atoms with Crippen LogP contribution in [0, 0.1) is 0 Å². The number of fused-ring (bicyclic) bond motifs is 1. The number of amides is 1. The third kappa shape index (κ3) is 2.85. The number of aryl methyl sites for hydroxylation is 1. The Labute approximate surface area is 144 Å². The van der Waals surface area contributed by atoms with E-state index in [1.54, 1.807) is 17.1 Å². The van der Waals surface area contributed by atoms with Gasteiger partial charge in [-0.2, -0.15) is 5.10 Å². The quantitative estimate of drug-likeness (QED) is 0.762. The number of pyridine rings is 1. The molecule has 0 saturated carbocycles. The lowest BCUT2D eigenvalue weighted by Gasteiger charge is -2.29. The molecule has 4 rings (SSSR count). The molecule has 2 aromatic heterocycles. The standard InChI is InChI=1S/C18H17N5O2/c1-23-10-13(9-21-23)12-7-14-18(20-8-12)25-16(17(24)22-14)15(19)11-5-3-2-4-6-11/h2-10,15-16H,19H2,1H3,(H,22,24)/t15-,16+/m1/s1. The second kappa shape index (κ2) is 6.03. The number of hydrogen-bond acceptors (Lipinski definition) is 5. The first-order valence-electron chi connectivity index (χ1n) is 7.89. The monoisotopic (exact) mass is 335 g/mol. The van der Waals surface area contributed by atoms with Gasteiger partial charge >= 0.3 is 0 Å². The van der Waals surface area contributed by atoms with E-state index >= 15 is 0 Å². The van der Waals surface area contributed by atoms with E-state index in [4.69, 9.17) is 10.5 Å². The van der Waals surface area contributed by atoms with Crippen molar-refractivity contribution in [2.75, 3.05) is 5.32 Å². The number of anilines is 1. The number of hydrogen-bond donors (Lipinski definition) is 2. The molecule has 25 heavy (non-hydrogen) atoms. The minimum absolute atomic E-state index is 0.283. The lowest BCUT2D eigenvalue weighted by Crippen LogP contribution is -2.44. The number of carbonyl (C=O) groups excluding carboxylic acids is 1. The van der Waals surface area contributed by atoms with E-state index in [2.05, 4.69) is 15.4 Å². The van der Waals surface area contributed by atoms with Crippen LogP contribution in [-0.4, -0.2) is 26.8 Å². The fourth-order valence-electron chi connectivity index (χ4n) is 2.83. The predicted octanol–water partition coefficient (Wildman–Crippen LogP) is 1.88. The van der Waals surface area contributed by atoms with Crippen molar-refractivity contribution in [3.8, 4) is 17.0 Å². The van der Waals surface area contributed by atoms with Crippen molar-refractivity contribution < 1.29 is 9.53 Å². The first kappa shape index (κ1) is 15.3. The average Bonchev–Trinajstić information content (AvgIpc) is 3.07. The normalized spacial score (nSPS) is 17.4. The van der Waals surface area contributed by atoms with Crippen molar-refractivity contribution in [2.45, 2.75) is 12.1 Å². The molecule has 0 aliphatic carbocycles. The van der Waals surface area contributed by atoms with Gasteiger partial charge in [-0.1, -0.05) is 30.3 Å².